The van der Waals surface area contributed by atoms with Gasteiger partial charge in [-0.05, 0) is 31.4 Å². The van der Waals surface area contributed by atoms with Crippen LogP contribution in [0.1, 0.15) is 25.0 Å². The van der Waals surface area contributed by atoms with E-state index in [-0.39, 0.29) is 18.5 Å². The SMILES string of the molecule is N=C(N)c1ccc(N2CCCCC2CO)cn1. The van der Waals surface area contributed by atoms with E-state index >= 15 is 0 Å². The summed E-state index contributed by atoms with van der Waals surface area (Å²) in [5.41, 5.74) is 6.85. The van der Waals surface area contributed by atoms with E-state index in [4.69, 9.17) is 11.1 Å². The van der Waals surface area contributed by atoms with E-state index in [9.17, 15) is 5.11 Å². The first-order valence-electron chi connectivity index (χ1n) is 5.90. The van der Waals surface area contributed by atoms with Crippen molar-refractivity contribution in [3.8, 4) is 0 Å². The first-order chi connectivity index (χ1) is 8.22. The number of nitrogens with two attached hydrogens (primary N) is 1. The van der Waals surface area contributed by atoms with Crippen LogP contribution in [0.5, 0.6) is 0 Å². The number of nitrogens with zero attached hydrogens (tertiary/aromatic N) is 2. The smallest absolute Gasteiger partial charge is 0.141 e. The van der Waals surface area contributed by atoms with Crippen molar-refractivity contribution in [3.05, 3.63) is 24.0 Å². The van der Waals surface area contributed by atoms with Gasteiger partial charge in [0.05, 0.1) is 24.5 Å². The van der Waals surface area contributed by atoms with Gasteiger partial charge in [0.1, 0.15) is 11.5 Å². The van der Waals surface area contributed by atoms with Gasteiger partial charge in [0.15, 0.2) is 0 Å². The van der Waals surface area contributed by atoms with Crippen molar-refractivity contribution < 1.29 is 5.11 Å². The van der Waals surface area contributed by atoms with Crippen molar-refractivity contribution in [1.82, 2.24) is 4.98 Å². The van der Waals surface area contributed by atoms with Crippen LogP contribution in [0.15, 0.2) is 18.3 Å². The number of pyridine rings is 1. The highest BCUT2D eigenvalue weighted by atomic mass is 16.3. The predicted molar refractivity (Wildman–Crippen MR) is 67.3 cm³/mol. The number of aliphatic hydroxyl groups is 1. The molecule has 0 radical (unpaired) electrons. The molecule has 2 rings (SSSR count). The van der Waals surface area contributed by atoms with Gasteiger partial charge in [-0.1, -0.05) is 0 Å². The maximum absolute atomic E-state index is 9.35. The van der Waals surface area contributed by atoms with Crippen LogP contribution in [0.25, 0.3) is 0 Å². The molecule has 92 valence electrons. The molecule has 17 heavy (non-hydrogen) atoms. The maximum atomic E-state index is 9.35. The number of piperidine rings is 1. The molecule has 1 aromatic rings. The van der Waals surface area contributed by atoms with E-state index in [1.165, 1.54) is 6.42 Å². The predicted octanol–water partition coefficient (Wildman–Crippen LogP) is 0.717. The second kappa shape index (κ2) is 5.14. The zero-order valence-electron chi connectivity index (χ0n) is 9.76. The van der Waals surface area contributed by atoms with Crippen LogP contribution in [0.3, 0.4) is 0 Å². The summed E-state index contributed by atoms with van der Waals surface area (Å²) in [6.45, 7) is 1.13. The van der Waals surface area contributed by atoms with E-state index in [0.29, 0.717) is 5.69 Å². The van der Waals surface area contributed by atoms with E-state index in [0.717, 1.165) is 25.1 Å². The third-order valence-corrected chi connectivity index (χ3v) is 3.19. The molecule has 0 spiro atoms. The third-order valence-electron chi connectivity index (χ3n) is 3.19. The molecule has 1 aliphatic heterocycles. The van der Waals surface area contributed by atoms with E-state index < -0.39 is 0 Å². The number of hydrogen-bond acceptors (Lipinski definition) is 4. The second-order valence-corrected chi connectivity index (χ2v) is 4.34. The van der Waals surface area contributed by atoms with Gasteiger partial charge in [0.2, 0.25) is 0 Å². The van der Waals surface area contributed by atoms with E-state index in [1.54, 1.807) is 12.3 Å². The van der Waals surface area contributed by atoms with Gasteiger partial charge in [0, 0.05) is 6.54 Å². The average Bonchev–Trinajstić information content (AvgIpc) is 2.39. The lowest BCUT2D eigenvalue weighted by molar-refractivity contribution is 0.240. The maximum Gasteiger partial charge on any atom is 0.141 e. The van der Waals surface area contributed by atoms with Crippen molar-refractivity contribution in [1.29, 1.82) is 5.41 Å². The fourth-order valence-electron chi connectivity index (χ4n) is 2.25. The fraction of sp³-hybridized carbons (Fsp3) is 0.500. The second-order valence-electron chi connectivity index (χ2n) is 4.34. The first kappa shape index (κ1) is 11.9. The largest absolute Gasteiger partial charge is 0.394 e. The number of anilines is 1. The third kappa shape index (κ3) is 2.55. The summed E-state index contributed by atoms with van der Waals surface area (Å²) in [7, 11) is 0. The van der Waals surface area contributed by atoms with Crippen molar-refractivity contribution in [3.63, 3.8) is 0 Å². The van der Waals surface area contributed by atoms with Crippen LogP contribution in [-0.2, 0) is 0 Å². The van der Waals surface area contributed by atoms with Crippen LogP contribution in [0.4, 0.5) is 5.69 Å². The summed E-state index contributed by atoms with van der Waals surface area (Å²) in [4.78, 5) is 6.33. The zero-order valence-corrected chi connectivity index (χ0v) is 9.76. The Bertz CT molecular complexity index is 390. The summed E-state index contributed by atoms with van der Waals surface area (Å²) in [6.07, 6.45) is 5.06. The minimum Gasteiger partial charge on any atom is -0.394 e. The van der Waals surface area contributed by atoms with Gasteiger partial charge in [-0.3, -0.25) is 10.4 Å². The number of rotatable bonds is 3. The minimum absolute atomic E-state index is 0.0195. The average molecular weight is 234 g/mol. The molecule has 0 saturated carbocycles. The summed E-state index contributed by atoms with van der Waals surface area (Å²) >= 11 is 0. The highest BCUT2D eigenvalue weighted by Crippen LogP contribution is 2.23. The monoisotopic (exact) mass is 234 g/mol. The molecular formula is C12H18N4O. The lowest BCUT2D eigenvalue weighted by atomic mass is 10.0. The first-order valence-corrected chi connectivity index (χ1v) is 5.90. The Balaban J connectivity index is 2.17. The molecule has 2 heterocycles. The van der Waals surface area contributed by atoms with Crippen LogP contribution >= 0.6 is 0 Å². The molecule has 0 aromatic carbocycles. The molecule has 0 amide bonds. The molecule has 5 heteroatoms. The Labute approximate surface area is 101 Å². The van der Waals surface area contributed by atoms with Gasteiger partial charge in [0.25, 0.3) is 0 Å². The Kier molecular flexibility index (Phi) is 3.58. The molecule has 0 aliphatic carbocycles. The van der Waals surface area contributed by atoms with Gasteiger partial charge >= 0.3 is 0 Å². The normalized spacial score (nSPS) is 20.3. The topological polar surface area (TPSA) is 86.2 Å². The van der Waals surface area contributed by atoms with Crippen molar-refractivity contribution in [2.24, 2.45) is 5.73 Å². The van der Waals surface area contributed by atoms with Crippen molar-refractivity contribution in [2.45, 2.75) is 25.3 Å². The Morgan fingerprint density at radius 1 is 1.53 bits per heavy atom. The van der Waals surface area contributed by atoms with E-state index in [1.807, 2.05) is 6.07 Å². The van der Waals surface area contributed by atoms with Gasteiger partial charge < -0.3 is 15.7 Å². The quantitative estimate of drug-likeness (QED) is 0.531. The number of nitrogen functional groups attached to an aromatic ring is 1. The van der Waals surface area contributed by atoms with Crippen LogP contribution in [-0.4, -0.2) is 35.1 Å². The highest BCUT2D eigenvalue weighted by molar-refractivity contribution is 5.93. The number of hydrogen-bond donors (Lipinski definition) is 3. The zero-order chi connectivity index (χ0) is 12.3. The molecule has 1 fully saturated rings. The Hall–Kier alpha value is -1.62. The number of nitrogens with one attached hydrogen (secondary N) is 1. The molecule has 1 aromatic heterocycles. The molecule has 1 unspecified atom stereocenters. The summed E-state index contributed by atoms with van der Waals surface area (Å²) in [5, 5.41) is 16.6. The van der Waals surface area contributed by atoms with Crippen LogP contribution in [0, 0.1) is 5.41 Å². The molecule has 4 N–H and O–H groups in total. The lowest BCUT2D eigenvalue weighted by Gasteiger charge is -2.36. The lowest BCUT2D eigenvalue weighted by Crippen LogP contribution is -2.42. The summed E-state index contributed by atoms with van der Waals surface area (Å²) in [6, 6.07) is 3.85. The number of amidine groups is 1. The fourth-order valence-corrected chi connectivity index (χ4v) is 2.25. The van der Waals surface area contributed by atoms with Crippen LogP contribution < -0.4 is 10.6 Å². The molecular weight excluding hydrogens is 216 g/mol. The van der Waals surface area contributed by atoms with Gasteiger partial charge in [-0.25, -0.2) is 0 Å². The van der Waals surface area contributed by atoms with Crippen molar-refractivity contribution >= 4 is 11.5 Å². The van der Waals surface area contributed by atoms with E-state index in [2.05, 4.69) is 9.88 Å². The molecule has 1 saturated heterocycles. The molecule has 5 nitrogen and oxygen atoms in total. The molecule has 0 bridgehead atoms. The van der Waals surface area contributed by atoms with Crippen LogP contribution in [0.2, 0.25) is 0 Å². The Morgan fingerprint density at radius 2 is 2.35 bits per heavy atom. The molecule has 1 aliphatic rings. The standard InChI is InChI=1S/C12H18N4O/c13-12(14)11-5-4-9(7-15-11)16-6-2-1-3-10(16)8-17/h4-5,7,10,17H,1-3,6,8H2,(H3,13,14). The van der Waals surface area contributed by atoms with Crippen molar-refractivity contribution in [2.75, 3.05) is 18.1 Å². The Morgan fingerprint density at radius 3 is 2.94 bits per heavy atom. The number of aromatic nitrogens is 1. The summed E-state index contributed by atoms with van der Waals surface area (Å²) < 4.78 is 0. The highest BCUT2D eigenvalue weighted by Gasteiger charge is 2.21. The molecule has 1 atom stereocenters. The van der Waals surface area contributed by atoms with Gasteiger partial charge in [-0.2, -0.15) is 0 Å². The minimum atomic E-state index is -0.0195. The van der Waals surface area contributed by atoms with Gasteiger partial charge in [-0.15, -0.1) is 0 Å². The number of aliphatic hydroxyl groups excluding tert-OH is 1. The summed E-state index contributed by atoms with van der Waals surface area (Å²) in [5.74, 6) is -0.0195.